The van der Waals surface area contributed by atoms with Gasteiger partial charge in [0.05, 0.1) is 0 Å². The predicted octanol–water partition coefficient (Wildman–Crippen LogP) is 0.944. The number of nitrogens with two attached hydrogens (primary N) is 1. The first-order valence-electron chi connectivity index (χ1n) is 3.48. The van der Waals surface area contributed by atoms with Crippen molar-refractivity contribution in [1.29, 1.82) is 0 Å². The van der Waals surface area contributed by atoms with Gasteiger partial charge in [0.15, 0.2) is 0 Å². The average molecular weight is 187 g/mol. The predicted molar refractivity (Wildman–Crippen MR) is 50.6 cm³/mol. The average Bonchev–Trinajstić information content (AvgIpc) is 2.03. The van der Waals surface area contributed by atoms with Crippen LogP contribution in [0.1, 0.15) is 13.3 Å². The summed E-state index contributed by atoms with van der Waals surface area (Å²) < 4.78 is 0. The van der Waals surface area contributed by atoms with Gasteiger partial charge in [0.1, 0.15) is 5.41 Å². The quantitative estimate of drug-likeness (QED) is 0.526. The first-order chi connectivity index (χ1) is 5.49. The van der Waals surface area contributed by atoms with E-state index in [-0.39, 0.29) is 5.12 Å². The van der Waals surface area contributed by atoms with Gasteiger partial charge in [-0.3, -0.25) is 9.59 Å². The fraction of sp³-hybridized carbons (Fsp3) is 0.500. The Morgan fingerprint density at radius 2 is 2.17 bits per heavy atom. The van der Waals surface area contributed by atoms with Crippen molar-refractivity contribution in [3.05, 3.63) is 12.7 Å². The van der Waals surface area contributed by atoms with Crippen LogP contribution in [0.2, 0.25) is 0 Å². The van der Waals surface area contributed by atoms with E-state index in [1.807, 2.05) is 0 Å². The molecule has 0 bridgehead atoms. The molecule has 0 fully saturated rings. The number of rotatable bonds is 4. The van der Waals surface area contributed by atoms with Crippen LogP contribution in [0.15, 0.2) is 12.7 Å². The molecule has 0 saturated carbocycles. The highest BCUT2D eigenvalue weighted by molar-refractivity contribution is 8.13. The Labute approximate surface area is 76.4 Å². The molecule has 0 aliphatic carbocycles. The van der Waals surface area contributed by atoms with Crippen molar-refractivity contribution in [3.8, 4) is 0 Å². The Bertz CT molecular complexity index is 215. The molecule has 3 nitrogen and oxygen atoms in total. The van der Waals surface area contributed by atoms with Crippen LogP contribution in [0.5, 0.6) is 0 Å². The van der Waals surface area contributed by atoms with E-state index in [0.717, 1.165) is 11.8 Å². The Morgan fingerprint density at radius 1 is 1.67 bits per heavy atom. The number of hydrogen-bond donors (Lipinski definition) is 1. The monoisotopic (exact) mass is 187 g/mol. The maximum Gasteiger partial charge on any atom is 0.232 e. The van der Waals surface area contributed by atoms with Gasteiger partial charge in [0, 0.05) is 0 Å². The van der Waals surface area contributed by atoms with Crippen molar-refractivity contribution in [2.75, 3.05) is 6.26 Å². The molecular formula is C8H13NO2S. The van der Waals surface area contributed by atoms with Crippen LogP contribution in [-0.4, -0.2) is 17.3 Å². The molecule has 0 aromatic heterocycles. The van der Waals surface area contributed by atoms with Gasteiger partial charge < -0.3 is 5.73 Å². The molecule has 0 aromatic rings. The number of amides is 1. The fourth-order valence-electron chi connectivity index (χ4n) is 0.798. The minimum Gasteiger partial charge on any atom is -0.369 e. The molecule has 1 unspecified atom stereocenters. The van der Waals surface area contributed by atoms with Crippen LogP contribution < -0.4 is 5.73 Å². The van der Waals surface area contributed by atoms with Crippen LogP contribution in [0.3, 0.4) is 0 Å². The lowest BCUT2D eigenvalue weighted by molar-refractivity contribution is -0.134. The van der Waals surface area contributed by atoms with Gasteiger partial charge >= 0.3 is 0 Å². The SMILES string of the molecule is C=CCC(C)(C(N)=O)C(=O)SC. The third-order valence-electron chi connectivity index (χ3n) is 1.73. The number of thioether (sulfide) groups is 1. The molecule has 0 spiro atoms. The summed E-state index contributed by atoms with van der Waals surface area (Å²) in [6.07, 6.45) is 3.45. The number of primary amides is 1. The summed E-state index contributed by atoms with van der Waals surface area (Å²) in [5.41, 5.74) is 4.02. The van der Waals surface area contributed by atoms with Gasteiger partial charge in [0.25, 0.3) is 0 Å². The topological polar surface area (TPSA) is 60.2 Å². The molecule has 0 heterocycles. The van der Waals surface area contributed by atoms with E-state index in [2.05, 4.69) is 6.58 Å². The van der Waals surface area contributed by atoms with Gasteiger partial charge in [-0.05, 0) is 19.6 Å². The number of hydrogen-bond acceptors (Lipinski definition) is 3. The third-order valence-corrected chi connectivity index (χ3v) is 2.55. The lowest BCUT2D eigenvalue weighted by Crippen LogP contribution is -2.39. The Balaban J connectivity index is 4.72. The summed E-state index contributed by atoms with van der Waals surface area (Å²) in [5, 5.41) is -0.213. The number of carbonyl (C=O) groups is 2. The molecule has 0 aliphatic rings. The Hall–Kier alpha value is -0.770. The number of allylic oxidation sites excluding steroid dienone is 1. The molecule has 0 aliphatic heterocycles. The van der Waals surface area contributed by atoms with Crippen molar-refractivity contribution in [3.63, 3.8) is 0 Å². The van der Waals surface area contributed by atoms with E-state index >= 15 is 0 Å². The summed E-state index contributed by atoms with van der Waals surface area (Å²) in [6.45, 7) is 5.01. The molecule has 1 atom stereocenters. The summed E-state index contributed by atoms with van der Waals surface area (Å²) in [7, 11) is 0. The molecule has 0 rings (SSSR count). The zero-order valence-electron chi connectivity index (χ0n) is 7.29. The van der Waals surface area contributed by atoms with Crippen LogP contribution in [-0.2, 0) is 9.59 Å². The highest BCUT2D eigenvalue weighted by Crippen LogP contribution is 2.27. The molecule has 0 saturated heterocycles. The van der Waals surface area contributed by atoms with Crippen molar-refractivity contribution in [2.24, 2.45) is 11.1 Å². The molecule has 1 amide bonds. The van der Waals surface area contributed by atoms with Crippen molar-refractivity contribution < 1.29 is 9.59 Å². The molecular weight excluding hydrogens is 174 g/mol. The smallest absolute Gasteiger partial charge is 0.232 e. The second-order valence-electron chi connectivity index (χ2n) is 2.68. The molecule has 0 radical (unpaired) electrons. The maximum absolute atomic E-state index is 11.3. The van der Waals surface area contributed by atoms with Crippen LogP contribution in [0.4, 0.5) is 0 Å². The molecule has 2 N–H and O–H groups in total. The maximum atomic E-state index is 11.3. The summed E-state index contributed by atoms with van der Waals surface area (Å²) in [4.78, 5) is 22.2. The normalized spacial score (nSPS) is 14.8. The molecule has 4 heteroatoms. The van der Waals surface area contributed by atoms with Crippen molar-refractivity contribution in [1.82, 2.24) is 0 Å². The largest absolute Gasteiger partial charge is 0.369 e. The highest BCUT2D eigenvalue weighted by Gasteiger charge is 2.37. The molecule has 12 heavy (non-hydrogen) atoms. The Morgan fingerprint density at radius 3 is 2.42 bits per heavy atom. The van der Waals surface area contributed by atoms with E-state index < -0.39 is 11.3 Å². The minimum absolute atomic E-state index is 0.213. The van der Waals surface area contributed by atoms with Crippen molar-refractivity contribution in [2.45, 2.75) is 13.3 Å². The highest BCUT2D eigenvalue weighted by atomic mass is 32.2. The van der Waals surface area contributed by atoms with E-state index in [4.69, 9.17) is 5.73 Å². The van der Waals surface area contributed by atoms with Crippen molar-refractivity contribution >= 4 is 22.8 Å². The standard InChI is InChI=1S/C8H13NO2S/c1-4-5-8(2,6(9)10)7(11)12-3/h4H,1,5H2,2-3H3,(H2,9,10). The third kappa shape index (κ3) is 2.11. The zero-order valence-corrected chi connectivity index (χ0v) is 8.11. The fourth-order valence-corrected chi connectivity index (χ4v) is 1.43. The minimum atomic E-state index is -1.10. The second kappa shape index (κ2) is 4.30. The van der Waals surface area contributed by atoms with Gasteiger partial charge in [0.2, 0.25) is 11.0 Å². The lowest BCUT2D eigenvalue weighted by Gasteiger charge is -2.20. The van der Waals surface area contributed by atoms with E-state index in [9.17, 15) is 9.59 Å². The molecule has 0 aromatic carbocycles. The molecule has 68 valence electrons. The zero-order chi connectivity index (χ0) is 9.78. The summed E-state index contributed by atoms with van der Waals surface area (Å²) >= 11 is 1.01. The number of carbonyl (C=O) groups excluding carboxylic acids is 2. The van der Waals surface area contributed by atoms with E-state index in [0.29, 0.717) is 6.42 Å². The summed E-state index contributed by atoms with van der Waals surface area (Å²) in [5.74, 6) is -0.596. The first kappa shape index (κ1) is 11.2. The van der Waals surface area contributed by atoms with Gasteiger partial charge in [-0.1, -0.05) is 17.8 Å². The summed E-state index contributed by atoms with van der Waals surface area (Å²) in [6, 6.07) is 0. The lowest BCUT2D eigenvalue weighted by atomic mass is 9.88. The van der Waals surface area contributed by atoms with E-state index in [1.165, 1.54) is 13.0 Å². The first-order valence-corrected chi connectivity index (χ1v) is 4.70. The van der Waals surface area contributed by atoms with Gasteiger partial charge in [-0.25, -0.2) is 0 Å². The van der Waals surface area contributed by atoms with Crippen LogP contribution in [0, 0.1) is 5.41 Å². The van der Waals surface area contributed by atoms with Crippen LogP contribution in [0.25, 0.3) is 0 Å². The second-order valence-corrected chi connectivity index (χ2v) is 3.46. The Kier molecular flexibility index (Phi) is 4.03. The van der Waals surface area contributed by atoms with Crippen LogP contribution >= 0.6 is 11.8 Å². The van der Waals surface area contributed by atoms with Gasteiger partial charge in [-0.2, -0.15) is 0 Å². The van der Waals surface area contributed by atoms with Gasteiger partial charge in [-0.15, -0.1) is 6.58 Å². The van der Waals surface area contributed by atoms with E-state index in [1.54, 1.807) is 6.26 Å².